The third-order valence-corrected chi connectivity index (χ3v) is 4.10. The summed E-state index contributed by atoms with van der Waals surface area (Å²) >= 11 is 0. The fourth-order valence-corrected chi connectivity index (χ4v) is 2.71. The Labute approximate surface area is 158 Å². The van der Waals surface area contributed by atoms with E-state index in [9.17, 15) is 4.79 Å². The molecule has 2 aromatic heterocycles. The van der Waals surface area contributed by atoms with E-state index < -0.39 is 0 Å². The van der Waals surface area contributed by atoms with Crippen LogP contribution >= 0.6 is 0 Å². The van der Waals surface area contributed by atoms with Crippen LogP contribution in [0.4, 0.5) is 0 Å². The minimum Gasteiger partial charge on any atom is -0.472 e. The summed E-state index contributed by atoms with van der Waals surface area (Å²) in [5.74, 6) is 1.04. The number of nitrogens with zero attached hydrogens (tertiary/aromatic N) is 2. The van der Waals surface area contributed by atoms with Crippen LogP contribution in [0.1, 0.15) is 41.1 Å². The van der Waals surface area contributed by atoms with E-state index in [2.05, 4.69) is 15.5 Å². The summed E-state index contributed by atoms with van der Waals surface area (Å²) in [6.07, 6.45) is 1.53. The third-order valence-electron chi connectivity index (χ3n) is 4.10. The Hall–Kier alpha value is -3.15. The molecule has 0 atom stereocenters. The number of hydrogen-bond acceptors (Lipinski definition) is 5. The lowest BCUT2D eigenvalue weighted by atomic mass is 10.1. The van der Waals surface area contributed by atoms with E-state index in [1.807, 2.05) is 58.0 Å². The molecule has 1 amide bonds. The molecule has 0 unspecified atom stereocenters. The van der Waals surface area contributed by atoms with Crippen molar-refractivity contribution >= 4 is 5.91 Å². The van der Waals surface area contributed by atoms with Crippen LogP contribution in [0.2, 0.25) is 0 Å². The second kappa shape index (κ2) is 8.03. The second-order valence-corrected chi connectivity index (χ2v) is 6.69. The fourth-order valence-electron chi connectivity index (χ4n) is 2.71. The van der Waals surface area contributed by atoms with E-state index in [1.54, 1.807) is 6.07 Å². The Morgan fingerprint density at radius 1 is 1.22 bits per heavy atom. The van der Waals surface area contributed by atoms with Crippen LogP contribution in [0.5, 0.6) is 5.88 Å². The number of hydrogen-bond donors (Lipinski definition) is 1. The first-order chi connectivity index (χ1) is 13.0. The van der Waals surface area contributed by atoms with Crippen molar-refractivity contribution in [1.82, 2.24) is 15.5 Å². The first-order valence-electron chi connectivity index (χ1n) is 8.86. The van der Waals surface area contributed by atoms with E-state index in [0.717, 1.165) is 22.4 Å². The average Bonchev–Trinajstić information content (AvgIpc) is 3.01. The van der Waals surface area contributed by atoms with E-state index in [4.69, 9.17) is 9.26 Å². The Morgan fingerprint density at radius 3 is 2.63 bits per heavy atom. The van der Waals surface area contributed by atoms with Crippen molar-refractivity contribution in [2.45, 2.75) is 40.3 Å². The number of carbonyl (C=O) groups excluding carboxylic acids is 1. The number of ether oxygens (including phenoxy) is 1. The summed E-state index contributed by atoms with van der Waals surface area (Å²) in [6, 6.07) is 11.7. The Balaban J connectivity index is 1.76. The molecule has 0 aliphatic rings. The topological polar surface area (TPSA) is 77.2 Å². The van der Waals surface area contributed by atoms with Crippen LogP contribution in [0, 0.1) is 13.8 Å². The van der Waals surface area contributed by atoms with E-state index in [-0.39, 0.29) is 18.6 Å². The minimum absolute atomic E-state index is 0.0710. The van der Waals surface area contributed by atoms with E-state index in [1.165, 1.54) is 6.20 Å². The van der Waals surface area contributed by atoms with Crippen molar-refractivity contribution in [3.05, 3.63) is 65.0 Å². The van der Waals surface area contributed by atoms with Crippen molar-refractivity contribution < 1.29 is 14.1 Å². The van der Waals surface area contributed by atoms with Crippen molar-refractivity contribution in [2.75, 3.05) is 0 Å². The molecule has 3 aromatic rings. The maximum absolute atomic E-state index is 12.1. The Bertz CT molecular complexity index is 933. The van der Waals surface area contributed by atoms with Gasteiger partial charge in [-0.1, -0.05) is 35.5 Å². The quantitative estimate of drug-likeness (QED) is 0.712. The van der Waals surface area contributed by atoms with Gasteiger partial charge in [0.1, 0.15) is 18.1 Å². The molecule has 2 heterocycles. The van der Waals surface area contributed by atoms with Gasteiger partial charge in [0.05, 0.1) is 11.1 Å². The van der Waals surface area contributed by atoms with Gasteiger partial charge in [-0.15, -0.1) is 0 Å². The van der Waals surface area contributed by atoms with Crippen LogP contribution in [-0.4, -0.2) is 22.1 Å². The minimum atomic E-state index is -0.145. The zero-order valence-corrected chi connectivity index (χ0v) is 15.9. The SMILES string of the molecule is Cc1cc(C(=O)NC(C)C)cnc1OCc1c(-c2ccccc2)noc1C. The number of aryl methyl sites for hydroxylation is 2. The smallest absolute Gasteiger partial charge is 0.253 e. The highest BCUT2D eigenvalue weighted by molar-refractivity contribution is 5.94. The Morgan fingerprint density at radius 2 is 1.96 bits per heavy atom. The van der Waals surface area contributed by atoms with Crippen LogP contribution in [0.3, 0.4) is 0 Å². The largest absolute Gasteiger partial charge is 0.472 e. The molecule has 0 aliphatic heterocycles. The summed E-state index contributed by atoms with van der Waals surface area (Å²) in [4.78, 5) is 16.4. The molecule has 1 aromatic carbocycles. The first-order valence-corrected chi connectivity index (χ1v) is 8.86. The van der Waals surface area contributed by atoms with Gasteiger partial charge in [0.25, 0.3) is 5.91 Å². The maximum atomic E-state index is 12.1. The molecule has 27 heavy (non-hydrogen) atoms. The number of aromatic nitrogens is 2. The van der Waals surface area contributed by atoms with Gasteiger partial charge in [-0.2, -0.15) is 0 Å². The molecule has 0 spiro atoms. The molecule has 0 aliphatic carbocycles. The standard InChI is InChI=1S/C21H23N3O3/c1-13(2)23-20(25)17-10-14(3)21(22-11-17)26-12-18-15(4)27-24-19(18)16-8-6-5-7-9-16/h5-11,13H,12H2,1-4H3,(H,23,25). The molecule has 1 N–H and O–H groups in total. The van der Waals surface area contributed by atoms with Gasteiger partial charge in [0.15, 0.2) is 0 Å². The number of carbonyl (C=O) groups is 1. The van der Waals surface area contributed by atoms with Gasteiger partial charge in [-0.05, 0) is 33.8 Å². The van der Waals surface area contributed by atoms with Crippen molar-refractivity contribution in [3.63, 3.8) is 0 Å². The number of benzene rings is 1. The molecule has 0 fully saturated rings. The van der Waals surface area contributed by atoms with Crippen LogP contribution in [0.25, 0.3) is 11.3 Å². The third kappa shape index (κ3) is 4.34. The number of amides is 1. The molecular weight excluding hydrogens is 342 g/mol. The van der Waals surface area contributed by atoms with Gasteiger partial charge in [0, 0.05) is 23.4 Å². The molecule has 6 heteroatoms. The lowest BCUT2D eigenvalue weighted by molar-refractivity contribution is 0.0942. The summed E-state index contributed by atoms with van der Waals surface area (Å²) in [5, 5.41) is 7.01. The molecule has 0 radical (unpaired) electrons. The lowest BCUT2D eigenvalue weighted by Gasteiger charge is -2.11. The van der Waals surface area contributed by atoms with Gasteiger partial charge in [-0.25, -0.2) is 4.98 Å². The summed E-state index contributed by atoms with van der Waals surface area (Å²) in [6.45, 7) is 7.85. The van der Waals surface area contributed by atoms with Crippen LogP contribution < -0.4 is 10.1 Å². The van der Waals surface area contributed by atoms with Gasteiger partial charge in [-0.3, -0.25) is 4.79 Å². The Kier molecular flexibility index (Phi) is 5.54. The van der Waals surface area contributed by atoms with Gasteiger partial charge in [0.2, 0.25) is 5.88 Å². The fraction of sp³-hybridized carbons (Fsp3) is 0.286. The number of rotatable bonds is 6. The average molecular weight is 365 g/mol. The summed E-state index contributed by atoms with van der Waals surface area (Å²) < 4.78 is 11.3. The number of nitrogens with one attached hydrogen (secondary N) is 1. The molecule has 0 bridgehead atoms. The monoisotopic (exact) mass is 365 g/mol. The summed E-state index contributed by atoms with van der Waals surface area (Å²) in [7, 11) is 0. The first kappa shape index (κ1) is 18.6. The second-order valence-electron chi connectivity index (χ2n) is 6.69. The predicted octanol–water partition coefficient (Wildman–Crippen LogP) is 4.07. The lowest BCUT2D eigenvalue weighted by Crippen LogP contribution is -2.30. The van der Waals surface area contributed by atoms with Crippen LogP contribution in [0.15, 0.2) is 47.1 Å². The van der Waals surface area contributed by atoms with E-state index in [0.29, 0.717) is 17.2 Å². The molecule has 3 rings (SSSR count). The number of pyridine rings is 1. The van der Waals surface area contributed by atoms with Crippen molar-refractivity contribution in [2.24, 2.45) is 0 Å². The van der Waals surface area contributed by atoms with Gasteiger partial charge >= 0.3 is 0 Å². The van der Waals surface area contributed by atoms with E-state index >= 15 is 0 Å². The molecule has 0 saturated carbocycles. The summed E-state index contributed by atoms with van der Waals surface area (Å²) in [5.41, 5.74) is 3.92. The highest BCUT2D eigenvalue weighted by atomic mass is 16.5. The van der Waals surface area contributed by atoms with Crippen molar-refractivity contribution in [1.29, 1.82) is 0 Å². The molecule has 0 saturated heterocycles. The highest BCUT2D eigenvalue weighted by Gasteiger charge is 2.16. The molecule has 6 nitrogen and oxygen atoms in total. The zero-order chi connectivity index (χ0) is 19.4. The van der Waals surface area contributed by atoms with Crippen LogP contribution in [-0.2, 0) is 6.61 Å². The maximum Gasteiger partial charge on any atom is 0.253 e. The molecule has 140 valence electrons. The molecular formula is C21H23N3O3. The van der Waals surface area contributed by atoms with Gasteiger partial charge < -0.3 is 14.6 Å². The normalized spacial score (nSPS) is 10.9. The predicted molar refractivity (Wildman–Crippen MR) is 103 cm³/mol. The van der Waals surface area contributed by atoms with Crippen molar-refractivity contribution in [3.8, 4) is 17.1 Å². The zero-order valence-electron chi connectivity index (χ0n) is 15.9. The highest BCUT2D eigenvalue weighted by Crippen LogP contribution is 2.26.